The Kier molecular flexibility index (Phi) is 4.05. The Hall–Kier alpha value is -2.34. The van der Waals surface area contributed by atoms with Crippen LogP contribution in [0.4, 0.5) is 0 Å². The summed E-state index contributed by atoms with van der Waals surface area (Å²) < 4.78 is 1.33. The van der Waals surface area contributed by atoms with Crippen molar-refractivity contribution in [1.82, 2.24) is 15.1 Å². The molecule has 0 saturated heterocycles. The number of nitrogens with two attached hydrogens (primary N) is 1. The second kappa shape index (κ2) is 5.75. The van der Waals surface area contributed by atoms with Gasteiger partial charge in [-0.2, -0.15) is 0 Å². The number of hydrogen-bond donors (Lipinski definition) is 3. The van der Waals surface area contributed by atoms with E-state index in [1.807, 2.05) is 31.2 Å². The number of H-pyrrole nitrogens is 1. The van der Waals surface area contributed by atoms with Crippen LogP contribution in [0, 0.1) is 6.92 Å². The molecule has 1 heterocycles. The van der Waals surface area contributed by atoms with Gasteiger partial charge in [0.1, 0.15) is 5.69 Å². The lowest BCUT2D eigenvalue weighted by atomic mass is 10.2. The number of hydrogen-bond acceptors (Lipinski definition) is 3. The number of aryl methyl sites for hydroxylation is 1. The number of aromatic amines is 1. The highest BCUT2D eigenvalue weighted by molar-refractivity contribution is 5.92. The number of carbonyl (C=O) groups excluding carboxylic acids is 1. The van der Waals surface area contributed by atoms with E-state index in [1.165, 1.54) is 10.7 Å². The van der Waals surface area contributed by atoms with E-state index in [0.717, 1.165) is 5.56 Å². The van der Waals surface area contributed by atoms with Crippen LogP contribution >= 0.6 is 0 Å². The minimum absolute atomic E-state index is 0.145. The van der Waals surface area contributed by atoms with Crippen molar-refractivity contribution in [3.63, 3.8) is 0 Å². The molecule has 0 unspecified atom stereocenters. The normalized spacial score (nSPS) is 12.2. The predicted molar refractivity (Wildman–Crippen MR) is 77.1 cm³/mol. The maximum absolute atomic E-state index is 11.9. The molecule has 0 saturated carbocycles. The first-order valence-electron chi connectivity index (χ1n) is 6.41. The number of amides is 1. The molecule has 1 aromatic heterocycles. The smallest absolute Gasteiger partial charge is 0.271 e. The van der Waals surface area contributed by atoms with E-state index in [-0.39, 0.29) is 23.2 Å². The van der Waals surface area contributed by atoms with Crippen LogP contribution in [-0.4, -0.2) is 28.3 Å². The fraction of sp³-hybridized carbons (Fsp3) is 0.286. The topological polar surface area (TPSA) is 92.9 Å². The van der Waals surface area contributed by atoms with Crippen molar-refractivity contribution >= 4 is 5.91 Å². The molecule has 2 aromatic rings. The molecule has 1 aromatic carbocycles. The first-order chi connectivity index (χ1) is 9.51. The van der Waals surface area contributed by atoms with Gasteiger partial charge in [-0.25, -0.2) is 4.68 Å². The number of nitrogens with zero attached hydrogens (tertiary/aromatic N) is 1. The van der Waals surface area contributed by atoms with Crippen LogP contribution in [-0.2, 0) is 0 Å². The first kappa shape index (κ1) is 14.1. The minimum Gasteiger partial charge on any atom is -0.347 e. The molecular formula is C14H18N4O2. The third kappa shape index (κ3) is 2.97. The number of rotatable bonds is 4. The molecule has 0 aliphatic carbocycles. The van der Waals surface area contributed by atoms with Gasteiger partial charge in [0.2, 0.25) is 0 Å². The highest BCUT2D eigenvalue weighted by Crippen LogP contribution is 2.06. The van der Waals surface area contributed by atoms with Gasteiger partial charge in [0.15, 0.2) is 0 Å². The number of carbonyl (C=O) groups is 1. The predicted octanol–water partition coefficient (Wildman–Crippen LogP) is 0.551. The Morgan fingerprint density at radius 3 is 2.65 bits per heavy atom. The zero-order valence-electron chi connectivity index (χ0n) is 11.5. The molecule has 2 rings (SSSR count). The number of nitrogens with one attached hydrogen (secondary N) is 2. The van der Waals surface area contributed by atoms with Crippen molar-refractivity contribution in [3.05, 3.63) is 51.9 Å². The van der Waals surface area contributed by atoms with Crippen LogP contribution in [0.5, 0.6) is 0 Å². The molecule has 6 nitrogen and oxygen atoms in total. The molecule has 0 spiro atoms. The molecule has 0 aliphatic heterocycles. The maximum Gasteiger partial charge on any atom is 0.271 e. The molecule has 4 N–H and O–H groups in total. The average molecular weight is 274 g/mol. The Balaban J connectivity index is 2.28. The number of aromatic nitrogens is 2. The third-order valence-electron chi connectivity index (χ3n) is 2.99. The van der Waals surface area contributed by atoms with Gasteiger partial charge in [-0.15, -0.1) is 0 Å². The van der Waals surface area contributed by atoms with Crippen LogP contribution < -0.4 is 16.6 Å². The van der Waals surface area contributed by atoms with Gasteiger partial charge < -0.3 is 11.1 Å². The van der Waals surface area contributed by atoms with E-state index >= 15 is 0 Å². The Bertz CT molecular complexity index is 655. The molecule has 6 heteroatoms. The average Bonchev–Trinajstić information content (AvgIpc) is 2.81. The Morgan fingerprint density at radius 1 is 1.40 bits per heavy atom. The maximum atomic E-state index is 11.9. The summed E-state index contributed by atoms with van der Waals surface area (Å²) in [6.45, 7) is 4.11. The molecule has 0 aliphatic rings. The van der Waals surface area contributed by atoms with Crippen molar-refractivity contribution in [2.45, 2.75) is 19.9 Å². The van der Waals surface area contributed by atoms with E-state index in [2.05, 4.69) is 10.4 Å². The van der Waals surface area contributed by atoms with Crippen molar-refractivity contribution in [3.8, 4) is 5.69 Å². The Morgan fingerprint density at radius 2 is 2.05 bits per heavy atom. The van der Waals surface area contributed by atoms with Crippen molar-refractivity contribution in [1.29, 1.82) is 0 Å². The fourth-order valence-corrected chi connectivity index (χ4v) is 1.76. The van der Waals surface area contributed by atoms with Crippen LogP contribution in [0.25, 0.3) is 5.69 Å². The Labute approximate surface area is 116 Å². The van der Waals surface area contributed by atoms with E-state index in [4.69, 9.17) is 5.73 Å². The van der Waals surface area contributed by atoms with Gasteiger partial charge in [0.05, 0.1) is 5.69 Å². The molecule has 20 heavy (non-hydrogen) atoms. The van der Waals surface area contributed by atoms with Gasteiger partial charge >= 0.3 is 0 Å². The molecule has 0 radical (unpaired) electrons. The van der Waals surface area contributed by atoms with Crippen LogP contribution in [0.15, 0.2) is 35.1 Å². The molecule has 1 atom stereocenters. The summed E-state index contributed by atoms with van der Waals surface area (Å²) in [5.41, 5.74) is 7.17. The molecule has 1 amide bonds. The molecular weight excluding hydrogens is 256 g/mol. The van der Waals surface area contributed by atoms with Gasteiger partial charge in [0, 0.05) is 18.7 Å². The zero-order valence-corrected chi connectivity index (χ0v) is 11.5. The third-order valence-corrected chi connectivity index (χ3v) is 2.99. The SMILES string of the molecule is Cc1ccc(-n2[nH]c(C(=O)N[C@@H](C)CN)cc2=O)cc1. The van der Waals surface area contributed by atoms with Crippen LogP contribution in [0.1, 0.15) is 23.0 Å². The second-order valence-corrected chi connectivity index (χ2v) is 4.79. The van der Waals surface area contributed by atoms with Crippen molar-refractivity contribution < 1.29 is 4.79 Å². The highest BCUT2D eigenvalue weighted by atomic mass is 16.2. The second-order valence-electron chi connectivity index (χ2n) is 4.79. The van der Waals surface area contributed by atoms with E-state index in [0.29, 0.717) is 12.2 Å². The monoisotopic (exact) mass is 274 g/mol. The fourth-order valence-electron chi connectivity index (χ4n) is 1.76. The molecule has 0 fully saturated rings. The largest absolute Gasteiger partial charge is 0.347 e. The summed E-state index contributed by atoms with van der Waals surface area (Å²) in [5.74, 6) is -0.342. The summed E-state index contributed by atoms with van der Waals surface area (Å²) in [6.07, 6.45) is 0. The lowest BCUT2D eigenvalue weighted by molar-refractivity contribution is 0.0936. The summed E-state index contributed by atoms with van der Waals surface area (Å²) in [5, 5.41) is 5.50. The summed E-state index contributed by atoms with van der Waals surface area (Å²) in [7, 11) is 0. The molecule has 0 bridgehead atoms. The summed E-state index contributed by atoms with van der Waals surface area (Å²) >= 11 is 0. The zero-order chi connectivity index (χ0) is 14.7. The van der Waals surface area contributed by atoms with Crippen molar-refractivity contribution in [2.24, 2.45) is 5.73 Å². The van der Waals surface area contributed by atoms with Gasteiger partial charge in [-0.3, -0.25) is 14.7 Å². The van der Waals surface area contributed by atoms with E-state index in [9.17, 15) is 9.59 Å². The van der Waals surface area contributed by atoms with Gasteiger partial charge in [-0.1, -0.05) is 17.7 Å². The highest BCUT2D eigenvalue weighted by Gasteiger charge is 2.13. The summed E-state index contributed by atoms with van der Waals surface area (Å²) in [4.78, 5) is 23.8. The van der Waals surface area contributed by atoms with Gasteiger partial charge in [-0.05, 0) is 26.0 Å². The number of benzene rings is 1. The lowest BCUT2D eigenvalue weighted by Crippen LogP contribution is -2.38. The lowest BCUT2D eigenvalue weighted by Gasteiger charge is -2.09. The van der Waals surface area contributed by atoms with E-state index in [1.54, 1.807) is 6.92 Å². The van der Waals surface area contributed by atoms with Crippen molar-refractivity contribution in [2.75, 3.05) is 6.54 Å². The van der Waals surface area contributed by atoms with E-state index < -0.39 is 0 Å². The first-order valence-corrected chi connectivity index (χ1v) is 6.41. The quantitative estimate of drug-likeness (QED) is 0.760. The van der Waals surface area contributed by atoms with Crippen LogP contribution in [0.2, 0.25) is 0 Å². The van der Waals surface area contributed by atoms with Crippen LogP contribution in [0.3, 0.4) is 0 Å². The minimum atomic E-state index is -0.342. The van der Waals surface area contributed by atoms with Gasteiger partial charge in [0.25, 0.3) is 11.5 Å². The summed E-state index contributed by atoms with van der Waals surface area (Å²) in [6, 6.07) is 8.57. The standard InChI is InChI=1S/C14H18N4O2/c1-9-3-5-11(6-4-9)18-13(19)7-12(17-18)14(20)16-10(2)8-15/h3-7,10,17H,8,15H2,1-2H3,(H,16,20)/t10-/m0/s1. The molecule has 106 valence electrons.